The Labute approximate surface area is 90.2 Å². The molecule has 0 spiro atoms. The molecular formula is C10H15NO3S. The summed E-state index contributed by atoms with van der Waals surface area (Å²) in [6.45, 7) is 0. The van der Waals surface area contributed by atoms with Crippen LogP contribution in [-0.2, 0) is 10.3 Å². The van der Waals surface area contributed by atoms with Crippen molar-refractivity contribution in [3.05, 3.63) is 23.5 Å². The Bertz CT molecular complexity index is 384. The third-order valence-electron chi connectivity index (χ3n) is 2.79. The van der Waals surface area contributed by atoms with Crippen LogP contribution in [-0.4, -0.2) is 17.3 Å². The molecule has 0 aromatic carbocycles. The minimum atomic E-state index is -4.13. The van der Waals surface area contributed by atoms with Crippen molar-refractivity contribution in [2.75, 3.05) is 0 Å². The van der Waals surface area contributed by atoms with Crippen LogP contribution in [0.25, 0.3) is 0 Å². The van der Waals surface area contributed by atoms with E-state index in [1.165, 1.54) is 0 Å². The highest BCUT2D eigenvalue weighted by atomic mass is 32.2. The molecule has 0 fully saturated rings. The van der Waals surface area contributed by atoms with Crippen LogP contribution in [0.2, 0.25) is 0 Å². The third-order valence-corrected chi connectivity index (χ3v) is 3.72. The average Bonchev–Trinajstić information content (AvgIpc) is 2.73. The van der Waals surface area contributed by atoms with Crippen LogP contribution in [0.1, 0.15) is 38.5 Å². The predicted molar refractivity (Wildman–Crippen MR) is 57.3 cm³/mol. The highest BCUT2D eigenvalue weighted by Crippen LogP contribution is 2.32. The summed E-state index contributed by atoms with van der Waals surface area (Å²) in [5.74, 6) is 0. The number of rotatable bonds is 3. The lowest BCUT2D eigenvalue weighted by Crippen LogP contribution is -2.27. The zero-order valence-corrected chi connectivity index (χ0v) is 9.33. The van der Waals surface area contributed by atoms with Gasteiger partial charge in [-0.15, -0.1) is 0 Å². The monoisotopic (exact) mass is 229 g/mol. The molecule has 1 N–H and O–H groups in total. The first-order valence-corrected chi connectivity index (χ1v) is 6.64. The van der Waals surface area contributed by atoms with Gasteiger partial charge >= 0.3 is 10.3 Å². The maximum atomic E-state index is 11.3. The van der Waals surface area contributed by atoms with Crippen LogP contribution >= 0.6 is 0 Å². The lowest BCUT2D eigenvalue weighted by atomic mass is 10.3. The lowest BCUT2D eigenvalue weighted by molar-refractivity contribution is 0.415. The number of hydrogen-bond donors (Lipinski definition) is 1. The van der Waals surface area contributed by atoms with E-state index in [1.54, 1.807) is 0 Å². The largest absolute Gasteiger partial charge is 0.363 e. The van der Waals surface area contributed by atoms with Gasteiger partial charge in [0, 0.05) is 11.4 Å². The summed E-state index contributed by atoms with van der Waals surface area (Å²) in [5, 5.41) is 0. The van der Waals surface area contributed by atoms with Gasteiger partial charge in [-0.25, -0.2) is 4.31 Å². The number of hydrogen-bond acceptors (Lipinski definition) is 2. The Hall–Kier alpha value is -0.810. The summed E-state index contributed by atoms with van der Waals surface area (Å²) in [4.78, 5) is 0. The first kappa shape index (κ1) is 10.7. The fourth-order valence-electron chi connectivity index (χ4n) is 2.16. The van der Waals surface area contributed by atoms with Gasteiger partial charge in [-0.2, -0.15) is 8.42 Å². The van der Waals surface area contributed by atoms with Crippen molar-refractivity contribution in [2.24, 2.45) is 0 Å². The second-order valence-corrected chi connectivity index (χ2v) is 5.18. The predicted octanol–water partition coefficient (Wildman–Crippen LogP) is 2.23. The van der Waals surface area contributed by atoms with E-state index in [4.69, 9.17) is 0 Å². The summed E-state index contributed by atoms with van der Waals surface area (Å²) in [7, 11) is -4.13. The van der Waals surface area contributed by atoms with Gasteiger partial charge in [0.25, 0.3) is 0 Å². The first-order chi connectivity index (χ1) is 7.09. The highest BCUT2D eigenvalue weighted by molar-refractivity contribution is 7.83. The standard InChI is InChI=1S/C10H15NO3S/c12-15(13,14)11(9-5-1-2-6-9)10-7-3-4-8-10/h5,7H,1-4,6,8H2,(H,12,13,14). The van der Waals surface area contributed by atoms with Crippen molar-refractivity contribution in [2.45, 2.75) is 38.5 Å². The highest BCUT2D eigenvalue weighted by Gasteiger charge is 2.28. The molecule has 2 aliphatic carbocycles. The van der Waals surface area contributed by atoms with Gasteiger partial charge in [-0.3, -0.25) is 4.55 Å². The Morgan fingerprint density at radius 3 is 1.80 bits per heavy atom. The summed E-state index contributed by atoms with van der Waals surface area (Å²) >= 11 is 0. The molecule has 84 valence electrons. The molecular weight excluding hydrogens is 214 g/mol. The van der Waals surface area contributed by atoms with Gasteiger partial charge in [0.1, 0.15) is 0 Å². The summed E-state index contributed by atoms with van der Waals surface area (Å²) in [6.07, 6.45) is 8.99. The van der Waals surface area contributed by atoms with Gasteiger partial charge in [-0.1, -0.05) is 12.2 Å². The van der Waals surface area contributed by atoms with Crippen LogP contribution in [0.15, 0.2) is 23.5 Å². The zero-order valence-electron chi connectivity index (χ0n) is 8.52. The minimum Gasteiger partial charge on any atom is -0.269 e. The second kappa shape index (κ2) is 3.98. The quantitative estimate of drug-likeness (QED) is 0.755. The molecule has 5 heteroatoms. The van der Waals surface area contributed by atoms with Crippen LogP contribution in [0.3, 0.4) is 0 Å². The van der Waals surface area contributed by atoms with E-state index in [-0.39, 0.29) is 0 Å². The molecule has 0 saturated carbocycles. The molecule has 2 aliphatic rings. The van der Waals surface area contributed by atoms with Gasteiger partial charge in [0.2, 0.25) is 0 Å². The van der Waals surface area contributed by atoms with E-state index >= 15 is 0 Å². The molecule has 0 bridgehead atoms. The smallest absolute Gasteiger partial charge is 0.269 e. The van der Waals surface area contributed by atoms with Gasteiger partial charge in [-0.05, 0) is 38.5 Å². The summed E-state index contributed by atoms with van der Waals surface area (Å²) < 4.78 is 32.9. The van der Waals surface area contributed by atoms with E-state index in [1.807, 2.05) is 12.2 Å². The Balaban J connectivity index is 2.31. The average molecular weight is 229 g/mol. The molecule has 15 heavy (non-hydrogen) atoms. The van der Waals surface area contributed by atoms with E-state index in [0.717, 1.165) is 54.2 Å². The van der Waals surface area contributed by atoms with Crippen molar-refractivity contribution in [3.63, 3.8) is 0 Å². The van der Waals surface area contributed by atoms with E-state index in [2.05, 4.69) is 0 Å². The normalized spacial score (nSPS) is 21.4. The summed E-state index contributed by atoms with van der Waals surface area (Å²) in [5.41, 5.74) is 1.45. The Kier molecular flexibility index (Phi) is 2.84. The molecule has 0 saturated heterocycles. The van der Waals surface area contributed by atoms with Crippen molar-refractivity contribution in [1.82, 2.24) is 4.31 Å². The van der Waals surface area contributed by atoms with Crippen molar-refractivity contribution in [1.29, 1.82) is 0 Å². The molecule has 0 radical (unpaired) electrons. The topological polar surface area (TPSA) is 57.6 Å². The molecule has 0 aliphatic heterocycles. The molecule has 0 heterocycles. The number of nitrogens with zero attached hydrogens (tertiary/aromatic N) is 1. The van der Waals surface area contributed by atoms with Crippen LogP contribution in [0.4, 0.5) is 0 Å². The van der Waals surface area contributed by atoms with E-state index < -0.39 is 10.3 Å². The van der Waals surface area contributed by atoms with Crippen molar-refractivity contribution < 1.29 is 13.0 Å². The molecule has 0 unspecified atom stereocenters. The fourth-order valence-corrected chi connectivity index (χ4v) is 3.08. The third kappa shape index (κ3) is 2.23. The maximum Gasteiger partial charge on any atom is 0.363 e. The SMILES string of the molecule is O=S(=O)(O)N(C1=CCCC1)C1=CCCC1. The minimum absolute atomic E-state index is 0.727. The fraction of sp³-hybridized carbons (Fsp3) is 0.600. The van der Waals surface area contributed by atoms with Crippen molar-refractivity contribution >= 4 is 10.3 Å². The van der Waals surface area contributed by atoms with E-state index in [0.29, 0.717) is 0 Å². The van der Waals surface area contributed by atoms with Gasteiger partial charge < -0.3 is 0 Å². The molecule has 0 amide bonds. The van der Waals surface area contributed by atoms with E-state index in [9.17, 15) is 13.0 Å². The molecule has 0 atom stereocenters. The zero-order chi connectivity index (χ0) is 10.9. The van der Waals surface area contributed by atoms with Crippen LogP contribution in [0.5, 0.6) is 0 Å². The second-order valence-electron chi connectivity index (χ2n) is 3.92. The molecule has 2 rings (SSSR count). The van der Waals surface area contributed by atoms with Gasteiger partial charge in [0.15, 0.2) is 0 Å². The first-order valence-electron chi connectivity index (χ1n) is 5.25. The van der Waals surface area contributed by atoms with Crippen molar-refractivity contribution in [3.8, 4) is 0 Å². The van der Waals surface area contributed by atoms with Crippen LogP contribution in [0, 0.1) is 0 Å². The molecule has 4 nitrogen and oxygen atoms in total. The van der Waals surface area contributed by atoms with Gasteiger partial charge in [0.05, 0.1) is 0 Å². The molecule has 0 aromatic heterocycles. The molecule has 0 aromatic rings. The van der Waals surface area contributed by atoms with Crippen LogP contribution < -0.4 is 0 Å². The summed E-state index contributed by atoms with van der Waals surface area (Å²) in [6, 6.07) is 0. The Morgan fingerprint density at radius 2 is 1.53 bits per heavy atom. The Morgan fingerprint density at radius 1 is 1.07 bits per heavy atom. The lowest BCUT2D eigenvalue weighted by Gasteiger charge is -2.23. The maximum absolute atomic E-state index is 11.3. The number of allylic oxidation sites excluding steroid dienone is 4.